The van der Waals surface area contributed by atoms with Crippen molar-refractivity contribution < 1.29 is 22.7 Å². The Labute approximate surface area is 131 Å². The number of hydrogen-bond donors (Lipinski definition) is 1. The molecule has 0 saturated heterocycles. The largest absolute Gasteiger partial charge is 0.468 e. The lowest BCUT2D eigenvalue weighted by atomic mass is 10.2. The topological polar surface area (TPSA) is 64.1 Å². The zero-order chi connectivity index (χ0) is 16.2. The van der Waals surface area contributed by atoms with Crippen LogP contribution < -0.4 is 10.1 Å². The van der Waals surface area contributed by atoms with Crippen LogP contribution >= 0.6 is 15.9 Å². The van der Waals surface area contributed by atoms with Crippen LogP contribution in [-0.4, -0.2) is 28.7 Å². The number of aromatic nitrogens is 2. The number of alkyl halides is 3. The third-order valence-electron chi connectivity index (χ3n) is 2.34. The normalized spacial score (nSPS) is 11.1. The Bertz CT molecular complexity index is 662. The molecule has 0 radical (unpaired) electrons. The molecule has 2 aromatic heterocycles. The standard InChI is InChI=1S/C13H9BrF3N3O2/c14-9-3-8(4-18-5-9)12(21)20-10-1-2-11(19-6-10)22-7-13(15,16)17/h1-6H,7H2,(H,20,21). The molecule has 1 amide bonds. The van der Waals surface area contributed by atoms with Gasteiger partial charge >= 0.3 is 6.18 Å². The minimum atomic E-state index is -4.43. The summed E-state index contributed by atoms with van der Waals surface area (Å²) < 4.78 is 41.1. The highest BCUT2D eigenvalue weighted by molar-refractivity contribution is 9.10. The number of amides is 1. The van der Waals surface area contributed by atoms with Crippen LogP contribution in [0.4, 0.5) is 18.9 Å². The number of carbonyl (C=O) groups excluding carboxylic acids is 1. The number of rotatable bonds is 4. The van der Waals surface area contributed by atoms with E-state index in [2.05, 4.69) is 36.0 Å². The van der Waals surface area contributed by atoms with Crippen molar-refractivity contribution in [3.63, 3.8) is 0 Å². The van der Waals surface area contributed by atoms with E-state index in [1.54, 1.807) is 6.07 Å². The van der Waals surface area contributed by atoms with Gasteiger partial charge in [-0.25, -0.2) is 4.98 Å². The Morgan fingerprint density at radius 2 is 2.05 bits per heavy atom. The van der Waals surface area contributed by atoms with Gasteiger partial charge in [0.25, 0.3) is 5.91 Å². The molecule has 0 bridgehead atoms. The molecule has 2 rings (SSSR count). The molecular weight excluding hydrogens is 367 g/mol. The summed E-state index contributed by atoms with van der Waals surface area (Å²) >= 11 is 3.20. The molecule has 0 aromatic carbocycles. The maximum Gasteiger partial charge on any atom is 0.422 e. The van der Waals surface area contributed by atoms with Crippen LogP contribution in [0, 0.1) is 0 Å². The lowest BCUT2D eigenvalue weighted by Crippen LogP contribution is -2.19. The van der Waals surface area contributed by atoms with E-state index in [9.17, 15) is 18.0 Å². The van der Waals surface area contributed by atoms with Gasteiger partial charge in [0, 0.05) is 22.9 Å². The van der Waals surface area contributed by atoms with Crippen molar-refractivity contribution in [2.24, 2.45) is 0 Å². The van der Waals surface area contributed by atoms with E-state index in [1.165, 1.54) is 30.7 Å². The summed E-state index contributed by atoms with van der Waals surface area (Å²) in [5, 5.41) is 2.54. The summed E-state index contributed by atoms with van der Waals surface area (Å²) in [5.74, 6) is -0.598. The van der Waals surface area contributed by atoms with Crippen molar-refractivity contribution >= 4 is 27.5 Å². The second kappa shape index (κ2) is 6.73. The maximum atomic E-state index is 12.0. The second-order valence-electron chi connectivity index (χ2n) is 4.13. The highest BCUT2D eigenvalue weighted by atomic mass is 79.9. The summed E-state index contributed by atoms with van der Waals surface area (Å²) in [5.41, 5.74) is 0.649. The molecule has 0 spiro atoms. The molecule has 1 N–H and O–H groups in total. The first-order chi connectivity index (χ1) is 10.3. The van der Waals surface area contributed by atoms with Crippen LogP contribution in [0.2, 0.25) is 0 Å². The second-order valence-corrected chi connectivity index (χ2v) is 5.05. The molecule has 116 valence electrons. The fourth-order valence-electron chi connectivity index (χ4n) is 1.43. The van der Waals surface area contributed by atoms with Gasteiger partial charge in [-0.05, 0) is 28.1 Å². The van der Waals surface area contributed by atoms with Crippen molar-refractivity contribution in [3.8, 4) is 5.88 Å². The highest BCUT2D eigenvalue weighted by Gasteiger charge is 2.28. The predicted molar refractivity (Wildman–Crippen MR) is 75.7 cm³/mol. The minimum Gasteiger partial charge on any atom is -0.468 e. The molecule has 0 aliphatic carbocycles. The van der Waals surface area contributed by atoms with Crippen molar-refractivity contribution in [2.45, 2.75) is 6.18 Å². The number of anilines is 1. The number of ether oxygens (including phenoxy) is 1. The zero-order valence-electron chi connectivity index (χ0n) is 10.9. The van der Waals surface area contributed by atoms with Gasteiger partial charge in [-0.15, -0.1) is 0 Å². The Hall–Kier alpha value is -2.16. The fraction of sp³-hybridized carbons (Fsp3) is 0.154. The molecule has 9 heteroatoms. The molecule has 0 aliphatic rings. The van der Waals surface area contributed by atoms with Gasteiger partial charge in [0.2, 0.25) is 5.88 Å². The van der Waals surface area contributed by atoms with E-state index in [4.69, 9.17) is 0 Å². The van der Waals surface area contributed by atoms with Crippen molar-refractivity contribution in [3.05, 3.63) is 46.8 Å². The van der Waals surface area contributed by atoms with E-state index >= 15 is 0 Å². The van der Waals surface area contributed by atoms with Crippen molar-refractivity contribution in [1.29, 1.82) is 0 Å². The minimum absolute atomic E-state index is 0.181. The van der Waals surface area contributed by atoms with Crippen LogP contribution in [0.1, 0.15) is 10.4 Å². The third-order valence-corrected chi connectivity index (χ3v) is 2.78. The highest BCUT2D eigenvalue weighted by Crippen LogP contribution is 2.18. The van der Waals surface area contributed by atoms with Crippen molar-refractivity contribution in [2.75, 3.05) is 11.9 Å². The molecule has 22 heavy (non-hydrogen) atoms. The first kappa shape index (κ1) is 16.2. The van der Waals surface area contributed by atoms with E-state index in [0.717, 1.165) is 0 Å². The van der Waals surface area contributed by atoms with E-state index < -0.39 is 18.7 Å². The number of hydrogen-bond acceptors (Lipinski definition) is 4. The summed E-state index contributed by atoms with van der Waals surface area (Å²) in [4.78, 5) is 19.5. The monoisotopic (exact) mass is 375 g/mol. The first-order valence-corrected chi connectivity index (χ1v) is 6.70. The molecular formula is C13H9BrF3N3O2. The van der Waals surface area contributed by atoms with Crippen LogP contribution in [0.3, 0.4) is 0 Å². The average molecular weight is 376 g/mol. The Balaban J connectivity index is 1.98. The number of carbonyl (C=O) groups is 1. The Morgan fingerprint density at radius 3 is 2.64 bits per heavy atom. The van der Waals surface area contributed by atoms with Gasteiger partial charge < -0.3 is 10.1 Å². The molecule has 0 atom stereocenters. The molecule has 5 nitrogen and oxygen atoms in total. The Morgan fingerprint density at radius 1 is 1.27 bits per heavy atom. The van der Waals surface area contributed by atoms with Gasteiger partial charge in [-0.1, -0.05) is 0 Å². The molecule has 0 saturated carbocycles. The van der Waals surface area contributed by atoms with E-state index in [-0.39, 0.29) is 5.88 Å². The quantitative estimate of drug-likeness (QED) is 0.888. The smallest absolute Gasteiger partial charge is 0.422 e. The van der Waals surface area contributed by atoms with Crippen LogP contribution in [0.5, 0.6) is 5.88 Å². The summed E-state index contributed by atoms with van der Waals surface area (Å²) in [6, 6.07) is 4.21. The lowest BCUT2D eigenvalue weighted by molar-refractivity contribution is -0.154. The van der Waals surface area contributed by atoms with Gasteiger partial charge in [0.15, 0.2) is 6.61 Å². The molecule has 0 fully saturated rings. The van der Waals surface area contributed by atoms with Crippen molar-refractivity contribution in [1.82, 2.24) is 9.97 Å². The number of halogens is 4. The molecule has 2 heterocycles. The van der Waals surface area contributed by atoms with E-state index in [1.807, 2.05) is 0 Å². The first-order valence-electron chi connectivity index (χ1n) is 5.91. The summed E-state index contributed by atoms with van der Waals surface area (Å²) in [7, 11) is 0. The molecule has 2 aromatic rings. The van der Waals surface area contributed by atoms with Crippen LogP contribution in [0.25, 0.3) is 0 Å². The van der Waals surface area contributed by atoms with Gasteiger partial charge in [-0.2, -0.15) is 13.2 Å². The SMILES string of the molecule is O=C(Nc1ccc(OCC(F)(F)F)nc1)c1cncc(Br)c1. The third kappa shape index (κ3) is 4.99. The number of nitrogens with zero attached hydrogens (tertiary/aromatic N) is 2. The number of nitrogens with one attached hydrogen (secondary N) is 1. The lowest BCUT2D eigenvalue weighted by Gasteiger charge is -2.09. The van der Waals surface area contributed by atoms with Gasteiger partial charge in [0.1, 0.15) is 0 Å². The fourth-order valence-corrected chi connectivity index (χ4v) is 1.80. The van der Waals surface area contributed by atoms with Crippen LogP contribution in [-0.2, 0) is 0 Å². The van der Waals surface area contributed by atoms with Gasteiger partial charge in [-0.3, -0.25) is 9.78 Å². The average Bonchev–Trinajstić information content (AvgIpc) is 2.46. The zero-order valence-corrected chi connectivity index (χ0v) is 12.5. The molecule has 0 aliphatic heterocycles. The Kier molecular flexibility index (Phi) is 4.96. The number of pyridine rings is 2. The summed E-state index contributed by atoms with van der Waals surface area (Å²) in [6.45, 7) is -1.42. The summed E-state index contributed by atoms with van der Waals surface area (Å²) in [6.07, 6.45) is -0.309. The maximum absolute atomic E-state index is 12.0. The van der Waals surface area contributed by atoms with Crippen LogP contribution in [0.15, 0.2) is 41.3 Å². The van der Waals surface area contributed by atoms with Gasteiger partial charge in [0.05, 0.1) is 17.4 Å². The molecule has 0 unspecified atom stereocenters. The van der Waals surface area contributed by atoms with E-state index in [0.29, 0.717) is 15.7 Å². The predicted octanol–water partition coefficient (Wildman–Crippen LogP) is 3.43.